The van der Waals surface area contributed by atoms with Gasteiger partial charge in [-0.15, -0.1) is 23.1 Å². The molecule has 2 rings (SSSR count). The molecule has 1 heterocycles. The Balaban J connectivity index is 2.10. The highest BCUT2D eigenvalue weighted by molar-refractivity contribution is 8.01. The molecule has 0 bridgehead atoms. The maximum atomic E-state index is 12.5. The van der Waals surface area contributed by atoms with Crippen molar-refractivity contribution < 1.29 is 23.9 Å². The molecule has 1 aromatic rings. The zero-order chi connectivity index (χ0) is 19.1. The molecular weight excluding hydrogens is 374 g/mol. The summed E-state index contributed by atoms with van der Waals surface area (Å²) in [5.74, 6) is -0.831. The summed E-state index contributed by atoms with van der Waals surface area (Å²) in [6.07, 6.45) is 3.89. The average molecular weight is 400 g/mol. The van der Waals surface area contributed by atoms with Gasteiger partial charge in [-0.2, -0.15) is 0 Å². The number of fused-ring (bicyclic) bond motifs is 1. The molecule has 0 radical (unpaired) electrons. The number of hydrogen-bond donors (Lipinski definition) is 1. The number of carbonyl (C=O) groups excluding carboxylic acids is 3. The summed E-state index contributed by atoms with van der Waals surface area (Å²) >= 11 is 2.67. The van der Waals surface area contributed by atoms with Crippen molar-refractivity contribution in [3.8, 4) is 0 Å². The Hall–Kier alpha value is -1.54. The first-order valence-corrected chi connectivity index (χ1v) is 10.7. The molecule has 0 aromatic carbocycles. The Bertz CT molecular complexity index is 671. The smallest absolute Gasteiger partial charge is 0.341 e. The largest absolute Gasteiger partial charge is 0.465 e. The predicted molar refractivity (Wildman–Crippen MR) is 104 cm³/mol. The molecule has 0 aliphatic heterocycles. The van der Waals surface area contributed by atoms with E-state index < -0.39 is 5.25 Å². The molecule has 0 saturated carbocycles. The van der Waals surface area contributed by atoms with Crippen molar-refractivity contribution in [2.75, 3.05) is 24.3 Å². The van der Waals surface area contributed by atoms with Crippen LogP contribution < -0.4 is 5.32 Å². The highest BCUT2D eigenvalue weighted by Gasteiger charge is 2.28. The molecule has 6 nitrogen and oxygen atoms in total. The van der Waals surface area contributed by atoms with Gasteiger partial charge in [0.25, 0.3) is 0 Å². The predicted octanol–water partition coefficient (Wildman–Crippen LogP) is 3.43. The topological polar surface area (TPSA) is 81.7 Å². The molecule has 1 N–H and O–H groups in total. The third kappa shape index (κ3) is 5.23. The van der Waals surface area contributed by atoms with Crippen LogP contribution in [0.2, 0.25) is 0 Å². The van der Waals surface area contributed by atoms with Gasteiger partial charge in [-0.25, -0.2) is 4.79 Å². The van der Waals surface area contributed by atoms with E-state index in [1.807, 2.05) is 0 Å². The van der Waals surface area contributed by atoms with Gasteiger partial charge in [0.05, 0.1) is 29.8 Å². The van der Waals surface area contributed by atoms with E-state index in [1.165, 1.54) is 23.1 Å². The first-order chi connectivity index (χ1) is 12.5. The Labute approximate surface area is 162 Å². The summed E-state index contributed by atoms with van der Waals surface area (Å²) < 4.78 is 10.1. The minimum absolute atomic E-state index is 0.119. The Morgan fingerprint density at radius 2 is 1.85 bits per heavy atom. The van der Waals surface area contributed by atoms with Crippen LogP contribution in [0.1, 0.15) is 54.4 Å². The minimum atomic E-state index is -0.437. The van der Waals surface area contributed by atoms with Crippen LogP contribution in [0.15, 0.2) is 0 Å². The van der Waals surface area contributed by atoms with E-state index in [-0.39, 0.29) is 23.6 Å². The number of amides is 1. The number of ether oxygens (including phenoxy) is 2. The fourth-order valence-electron chi connectivity index (χ4n) is 2.76. The molecule has 0 saturated heterocycles. The molecule has 1 aliphatic rings. The number of aryl methyl sites for hydroxylation is 1. The second-order valence-electron chi connectivity index (χ2n) is 5.88. The number of carbonyl (C=O) groups is 3. The van der Waals surface area contributed by atoms with Gasteiger partial charge in [-0.1, -0.05) is 0 Å². The Morgan fingerprint density at radius 1 is 1.15 bits per heavy atom. The number of nitrogens with one attached hydrogen (secondary N) is 1. The fraction of sp³-hybridized carbons (Fsp3) is 0.611. The van der Waals surface area contributed by atoms with Crippen LogP contribution in [0.5, 0.6) is 0 Å². The highest BCUT2D eigenvalue weighted by Crippen LogP contribution is 2.38. The van der Waals surface area contributed by atoms with E-state index in [4.69, 9.17) is 9.47 Å². The van der Waals surface area contributed by atoms with Gasteiger partial charge in [0, 0.05) is 4.88 Å². The SMILES string of the molecule is CCOC(=O)CSC(C)C(=O)Nc1sc2c(c1C(=O)OCC)CCCC2. The lowest BCUT2D eigenvalue weighted by molar-refractivity contribution is -0.139. The summed E-state index contributed by atoms with van der Waals surface area (Å²) in [6, 6.07) is 0. The molecule has 1 unspecified atom stereocenters. The van der Waals surface area contributed by atoms with Gasteiger partial charge >= 0.3 is 11.9 Å². The van der Waals surface area contributed by atoms with Crippen LogP contribution in [-0.2, 0) is 31.9 Å². The van der Waals surface area contributed by atoms with Crippen molar-refractivity contribution in [3.63, 3.8) is 0 Å². The number of rotatable bonds is 8. The number of thioether (sulfide) groups is 1. The van der Waals surface area contributed by atoms with Crippen molar-refractivity contribution in [1.29, 1.82) is 0 Å². The monoisotopic (exact) mass is 399 g/mol. The van der Waals surface area contributed by atoms with E-state index in [9.17, 15) is 14.4 Å². The van der Waals surface area contributed by atoms with Gasteiger partial charge in [-0.05, 0) is 52.0 Å². The second-order valence-corrected chi connectivity index (χ2v) is 8.32. The van der Waals surface area contributed by atoms with Crippen LogP contribution in [-0.4, -0.2) is 42.1 Å². The van der Waals surface area contributed by atoms with E-state index >= 15 is 0 Å². The van der Waals surface area contributed by atoms with Gasteiger partial charge in [0.1, 0.15) is 5.00 Å². The van der Waals surface area contributed by atoms with E-state index in [1.54, 1.807) is 20.8 Å². The Morgan fingerprint density at radius 3 is 2.54 bits per heavy atom. The van der Waals surface area contributed by atoms with Crippen LogP contribution in [0.4, 0.5) is 5.00 Å². The molecule has 1 atom stereocenters. The van der Waals surface area contributed by atoms with Crippen molar-refractivity contribution >= 4 is 45.9 Å². The second kappa shape index (κ2) is 9.97. The molecular formula is C18H25NO5S2. The van der Waals surface area contributed by atoms with Crippen molar-refractivity contribution in [1.82, 2.24) is 0 Å². The van der Waals surface area contributed by atoms with Crippen molar-refractivity contribution in [2.24, 2.45) is 0 Å². The summed E-state index contributed by atoms with van der Waals surface area (Å²) in [5, 5.41) is 2.99. The number of esters is 2. The molecule has 1 amide bonds. The van der Waals surface area contributed by atoms with Crippen molar-refractivity contribution in [3.05, 3.63) is 16.0 Å². The number of anilines is 1. The van der Waals surface area contributed by atoms with Crippen LogP contribution in [0, 0.1) is 0 Å². The maximum absolute atomic E-state index is 12.5. The zero-order valence-electron chi connectivity index (χ0n) is 15.4. The van der Waals surface area contributed by atoms with Gasteiger partial charge in [0.15, 0.2) is 0 Å². The standard InChI is InChI=1S/C18H25NO5S2/c1-4-23-14(20)10-25-11(3)16(21)19-17-15(18(22)24-5-2)12-8-6-7-9-13(12)26-17/h11H,4-10H2,1-3H3,(H,19,21). The zero-order valence-corrected chi connectivity index (χ0v) is 17.0. The third-order valence-electron chi connectivity index (χ3n) is 4.01. The third-order valence-corrected chi connectivity index (χ3v) is 6.34. The summed E-state index contributed by atoms with van der Waals surface area (Å²) in [4.78, 5) is 37.5. The van der Waals surface area contributed by atoms with E-state index in [0.717, 1.165) is 36.1 Å². The number of hydrogen-bond acceptors (Lipinski definition) is 7. The van der Waals surface area contributed by atoms with Gasteiger partial charge in [-0.3, -0.25) is 9.59 Å². The quantitative estimate of drug-likeness (QED) is 0.675. The first kappa shape index (κ1) is 20.8. The molecule has 8 heteroatoms. The minimum Gasteiger partial charge on any atom is -0.465 e. The Kier molecular flexibility index (Phi) is 7.96. The lowest BCUT2D eigenvalue weighted by Gasteiger charge is -2.13. The maximum Gasteiger partial charge on any atom is 0.341 e. The van der Waals surface area contributed by atoms with Crippen LogP contribution in [0.25, 0.3) is 0 Å². The molecule has 26 heavy (non-hydrogen) atoms. The summed E-state index contributed by atoms with van der Waals surface area (Å²) in [7, 11) is 0. The fourth-order valence-corrected chi connectivity index (χ4v) is 4.72. The molecule has 1 aromatic heterocycles. The summed E-state index contributed by atoms with van der Waals surface area (Å²) in [5.41, 5.74) is 1.52. The van der Waals surface area contributed by atoms with Crippen LogP contribution in [0.3, 0.4) is 0 Å². The average Bonchev–Trinajstić information content (AvgIpc) is 2.97. The normalized spacial score (nSPS) is 14.3. The molecule has 1 aliphatic carbocycles. The van der Waals surface area contributed by atoms with Gasteiger partial charge < -0.3 is 14.8 Å². The number of thiophene rings is 1. The van der Waals surface area contributed by atoms with Crippen LogP contribution >= 0.6 is 23.1 Å². The summed E-state index contributed by atoms with van der Waals surface area (Å²) in [6.45, 7) is 5.86. The van der Waals surface area contributed by atoms with Gasteiger partial charge in [0.2, 0.25) is 5.91 Å². The van der Waals surface area contributed by atoms with E-state index in [2.05, 4.69) is 5.32 Å². The lowest BCUT2D eigenvalue weighted by Crippen LogP contribution is -2.24. The molecule has 0 spiro atoms. The highest BCUT2D eigenvalue weighted by atomic mass is 32.2. The van der Waals surface area contributed by atoms with E-state index in [0.29, 0.717) is 23.8 Å². The van der Waals surface area contributed by atoms with Crippen molar-refractivity contribution in [2.45, 2.75) is 51.7 Å². The first-order valence-electron chi connectivity index (χ1n) is 8.87. The molecule has 0 fully saturated rings. The lowest BCUT2D eigenvalue weighted by atomic mass is 9.95. The molecule has 144 valence electrons.